The molecule has 2 aliphatic heterocycles. The lowest BCUT2D eigenvalue weighted by molar-refractivity contribution is -0.145. The minimum absolute atomic E-state index is 0.522. The van der Waals surface area contributed by atoms with Gasteiger partial charge in [-0.05, 0) is 11.8 Å². The van der Waals surface area contributed by atoms with Gasteiger partial charge in [0.25, 0.3) is 0 Å². The SMILES string of the molecule is CC(C)CC1(C)OC=C(CNCC2=COC(C)(CC(C)C)O2)O1. The number of rotatable bonds is 8. The highest BCUT2D eigenvalue weighted by atomic mass is 16.7. The molecule has 0 aliphatic carbocycles. The highest BCUT2D eigenvalue weighted by Gasteiger charge is 2.35. The molecule has 0 saturated heterocycles. The minimum Gasteiger partial charge on any atom is -0.457 e. The molecule has 2 aliphatic rings. The Balaban J connectivity index is 1.69. The van der Waals surface area contributed by atoms with E-state index in [0.717, 1.165) is 24.4 Å². The summed E-state index contributed by atoms with van der Waals surface area (Å²) in [6.07, 6.45) is 5.14. The summed E-state index contributed by atoms with van der Waals surface area (Å²) in [5.41, 5.74) is 0. The molecule has 0 bridgehead atoms. The molecule has 0 aromatic carbocycles. The molecule has 2 rings (SSSR count). The van der Waals surface area contributed by atoms with Crippen molar-refractivity contribution in [2.75, 3.05) is 13.1 Å². The van der Waals surface area contributed by atoms with Crippen LogP contribution in [0.25, 0.3) is 0 Å². The molecule has 0 saturated carbocycles. The fourth-order valence-corrected chi connectivity index (χ4v) is 3.16. The summed E-state index contributed by atoms with van der Waals surface area (Å²) < 4.78 is 23.1. The molecular weight excluding hydrogens is 294 g/mol. The molecule has 0 spiro atoms. The first-order valence-corrected chi connectivity index (χ1v) is 8.52. The molecule has 0 amide bonds. The smallest absolute Gasteiger partial charge is 0.247 e. The molecular formula is C18H31NO4. The third-order valence-corrected chi connectivity index (χ3v) is 3.73. The second-order valence-electron chi connectivity index (χ2n) is 7.68. The van der Waals surface area contributed by atoms with Crippen molar-refractivity contribution in [1.82, 2.24) is 5.32 Å². The van der Waals surface area contributed by atoms with Crippen molar-refractivity contribution in [3.8, 4) is 0 Å². The first-order valence-electron chi connectivity index (χ1n) is 8.52. The summed E-state index contributed by atoms with van der Waals surface area (Å²) >= 11 is 0. The van der Waals surface area contributed by atoms with Crippen LogP contribution >= 0.6 is 0 Å². The molecule has 23 heavy (non-hydrogen) atoms. The van der Waals surface area contributed by atoms with Crippen LogP contribution in [-0.4, -0.2) is 24.7 Å². The van der Waals surface area contributed by atoms with Crippen LogP contribution < -0.4 is 5.32 Å². The number of hydrogen-bond acceptors (Lipinski definition) is 5. The van der Waals surface area contributed by atoms with Gasteiger partial charge in [-0.3, -0.25) is 0 Å². The molecule has 0 radical (unpaired) electrons. The summed E-state index contributed by atoms with van der Waals surface area (Å²) in [5, 5.41) is 3.30. The van der Waals surface area contributed by atoms with Gasteiger partial charge in [0, 0.05) is 26.7 Å². The lowest BCUT2D eigenvalue weighted by atomic mass is 10.0. The van der Waals surface area contributed by atoms with Gasteiger partial charge in [-0.15, -0.1) is 0 Å². The second-order valence-corrected chi connectivity index (χ2v) is 7.68. The molecule has 1 N–H and O–H groups in total. The zero-order valence-corrected chi connectivity index (χ0v) is 15.3. The van der Waals surface area contributed by atoms with Crippen LogP contribution in [0.5, 0.6) is 0 Å². The van der Waals surface area contributed by atoms with E-state index in [-0.39, 0.29) is 0 Å². The van der Waals surface area contributed by atoms with Crippen LogP contribution in [0.4, 0.5) is 0 Å². The first kappa shape index (κ1) is 18.0. The normalized spacial score (nSPS) is 29.7. The monoisotopic (exact) mass is 325 g/mol. The average molecular weight is 325 g/mol. The summed E-state index contributed by atoms with van der Waals surface area (Å²) in [5.74, 6) is 1.61. The van der Waals surface area contributed by atoms with Crippen molar-refractivity contribution in [1.29, 1.82) is 0 Å². The van der Waals surface area contributed by atoms with Gasteiger partial charge in [-0.1, -0.05) is 27.7 Å². The molecule has 5 heteroatoms. The Kier molecular flexibility index (Phi) is 5.50. The van der Waals surface area contributed by atoms with E-state index in [1.165, 1.54) is 0 Å². The van der Waals surface area contributed by atoms with Gasteiger partial charge in [0.05, 0.1) is 13.1 Å². The van der Waals surface area contributed by atoms with Crippen molar-refractivity contribution in [3.63, 3.8) is 0 Å². The Hall–Kier alpha value is -1.36. The lowest BCUT2D eigenvalue weighted by Crippen LogP contribution is -2.31. The Morgan fingerprint density at radius 1 is 0.826 bits per heavy atom. The van der Waals surface area contributed by atoms with E-state index in [1.54, 1.807) is 12.5 Å². The predicted molar refractivity (Wildman–Crippen MR) is 89.1 cm³/mol. The Bertz CT molecular complexity index is 430. The molecule has 0 aromatic heterocycles. The number of hydrogen-bond donors (Lipinski definition) is 1. The fourth-order valence-electron chi connectivity index (χ4n) is 3.16. The zero-order chi connectivity index (χ0) is 17.1. The second kappa shape index (κ2) is 7.04. The van der Waals surface area contributed by atoms with Crippen molar-refractivity contribution in [2.24, 2.45) is 11.8 Å². The summed E-state index contributed by atoms with van der Waals surface area (Å²) in [4.78, 5) is 0. The van der Waals surface area contributed by atoms with Crippen molar-refractivity contribution < 1.29 is 18.9 Å². The fraction of sp³-hybridized carbons (Fsp3) is 0.778. The van der Waals surface area contributed by atoms with Crippen molar-refractivity contribution >= 4 is 0 Å². The van der Waals surface area contributed by atoms with Gasteiger partial charge in [0.2, 0.25) is 11.6 Å². The van der Waals surface area contributed by atoms with Crippen LogP contribution in [0.15, 0.2) is 24.0 Å². The maximum Gasteiger partial charge on any atom is 0.247 e. The van der Waals surface area contributed by atoms with Crippen LogP contribution in [-0.2, 0) is 18.9 Å². The Morgan fingerprint density at radius 2 is 1.22 bits per heavy atom. The highest BCUT2D eigenvalue weighted by molar-refractivity contribution is 5.02. The van der Waals surface area contributed by atoms with Crippen molar-refractivity contribution in [3.05, 3.63) is 24.0 Å². The first-order chi connectivity index (χ1) is 10.7. The van der Waals surface area contributed by atoms with E-state index in [0.29, 0.717) is 24.9 Å². The predicted octanol–water partition coefficient (Wildman–Crippen LogP) is 3.88. The molecule has 2 heterocycles. The largest absolute Gasteiger partial charge is 0.457 e. The van der Waals surface area contributed by atoms with Gasteiger partial charge < -0.3 is 24.3 Å². The van der Waals surface area contributed by atoms with Gasteiger partial charge in [-0.2, -0.15) is 0 Å². The minimum atomic E-state index is -0.534. The number of nitrogens with one attached hydrogen (secondary N) is 1. The maximum absolute atomic E-state index is 5.90. The van der Waals surface area contributed by atoms with E-state index < -0.39 is 11.6 Å². The number of ether oxygens (including phenoxy) is 4. The van der Waals surface area contributed by atoms with Crippen molar-refractivity contribution in [2.45, 2.75) is 66.0 Å². The average Bonchev–Trinajstić information content (AvgIpc) is 2.92. The van der Waals surface area contributed by atoms with E-state index in [2.05, 4.69) is 33.0 Å². The lowest BCUT2D eigenvalue weighted by Gasteiger charge is -2.26. The molecule has 5 nitrogen and oxygen atoms in total. The molecule has 2 unspecified atom stereocenters. The van der Waals surface area contributed by atoms with Gasteiger partial charge in [-0.25, -0.2) is 0 Å². The maximum atomic E-state index is 5.90. The molecule has 132 valence electrons. The van der Waals surface area contributed by atoms with Crippen LogP contribution in [0.2, 0.25) is 0 Å². The topological polar surface area (TPSA) is 49.0 Å². The van der Waals surface area contributed by atoms with E-state index in [9.17, 15) is 0 Å². The molecule has 0 fully saturated rings. The van der Waals surface area contributed by atoms with E-state index in [4.69, 9.17) is 18.9 Å². The molecule has 2 atom stereocenters. The summed E-state index contributed by atoms with van der Waals surface area (Å²) in [6.45, 7) is 13.8. The summed E-state index contributed by atoms with van der Waals surface area (Å²) in [7, 11) is 0. The van der Waals surface area contributed by atoms with E-state index >= 15 is 0 Å². The molecule has 0 aromatic rings. The quantitative estimate of drug-likeness (QED) is 0.734. The third-order valence-electron chi connectivity index (χ3n) is 3.73. The standard InChI is InChI=1S/C18H31NO4/c1-13(2)7-17(5)20-11-15(22-17)9-19-10-16-12-21-18(6,23-16)8-14(3)4/h11-14,19H,7-10H2,1-6H3. The Morgan fingerprint density at radius 3 is 1.57 bits per heavy atom. The van der Waals surface area contributed by atoms with Crippen LogP contribution in [0, 0.1) is 11.8 Å². The van der Waals surface area contributed by atoms with Gasteiger partial charge in [0.15, 0.2) is 0 Å². The zero-order valence-electron chi connectivity index (χ0n) is 15.3. The highest BCUT2D eigenvalue weighted by Crippen LogP contribution is 2.32. The van der Waals surface area contributed by atoms with Crippen LogP contribution in [0.1, 0.15) is 54.4 Å². The van der Waals surface area contributed by atoms with E-state index in [1.807, 2.05) is 13.8 Å². The van der Waals surface area contributed by atoms with Gasteiger partial charge in [0.1, 0.15) is 24.0 Å². The third kappa shape index (κ3) is 5.34. The van der Waals surface area contributed by atoms with Crippen LogP contribution in [0.3, 0.4) is 0 Å². The summed E-state index contributed by atoms with van der Waals surface area (Å²) in [6, 6.07) is 0. The van der Waals surface area contributed by atoms with Gasteiger partial charge >= 0.3 is 0 Å². The Labute approximate surface area is 140 Å².